The minimum absolute atomic E-state index is 0. The Labute approximate surface area is 121 Å². The maximum atomic E-state index is 7.74. The van der Waals surface area contributed by atoms with E-state index in [-0.39, 0.29) is 83.8 Å². The Morgan fingerprint density at radius 2 is 1.22 bits per heavy atom. The van der Waals surface area contributed by atoms with Gasteiger partial charge in [0.1, 0.15) is 0 Å². The first-order valence-corrected chi connectivity index (χ1v) is 1.50. The molecular formula is H6B2KNaO5. The van der Waals surface area contributed by atoms with Gasteiger partial charge in [-0.25, -0.2) is 0 Å². The maximum Gasteiger partial charge on any atom is 1.00 e. The fourth-order valence-electron chi connectivity index (χ4n) is 0.109. The van der Waals surface area contributed by atoms with Crippen LogP contribution in [0.4, 0.5) is 0 Å². The standard InChI is InChI=1S/B2H4O5.K.Na.2H/c3-1(4)7-2(5)6;;;;/h3-6H;;;;/q;2*+1;2*-1. The summed E-state index contributed by atoms with van der Waals surface area (Å²) in [5.74, 6) is 0. The average molecular weight is 170 g/mol. The third kappa shape index (κ3) is 18.0. The molecule has 0 saturated carbocycles. The minimum Gasteiger partial charge on any atom is -1.00 e. The summed E-state index contributed by atoms with van der Waals surface area (Å²) in [4.78, 5) is 0. The first kappa shape index (κ1) is 17.6. The van der Waals surface area contributed by atoms with Gasteiger partial charge in [-0.05, 0) is 0 Å². The Morgan fingerprint density at radius 3 is 1.22 bits per heavy atom. The van der Waals surface area contributed by atoms with Gasteiger partial charge >= 0.3 is 95.6 Å². The normalized spacial score (nSPS) is 6.67. The van der Waals surface area contributed by atoms with Crippen molar-refractivity contribution in [3.8, 4) is 0 Å². The topological polar surface area (TPSA) is 90.2 Å². The smallest absolute Gasteiger partial charge is 1.00 e. The van der Waals surface area contributed by atoms with Gasteiger partial charge in [-0.15, -0.1) is 0 Å². The molecule has 9 heavy (non-hydrogen) atoms. The Morgan fingerprint density at radius 1 is 1.00 bits per heavy atom. The summed E-state index contributed by atoms with van der Waals surface area (Å²) in [7, 11) is -4.25. The first-order valence-electron chi connectivity index (χ1n) is 1.50. The van der Waals surface area contributed by atoms with Crippen LogP contribution in [0.5, 0.6) is 0 Å². The molecule has 0 fully saturated rings. The summed E-state index contributed by atoms with van der Waals surface area (Å²) in [6, 6.07) is 0. The summed E-state index contributed by atoms with van der Waals surface area (Å²) < 4.78 is 3.47. The molecule has 0 rings (SSSR count). The van der Waals surface area contributed by atoms with Gasteiger partial charge in [0.25, 0.3) is 0 Å². The van der Waals surface area contributed by atoms with Crippen molar-refractivity contribution in [2.24, 2.45) is 0 Å². The van der Waals surface area contributed by atoms with Gasteiger partial charge in [-0.3, -0.25) is 0 Å². The van der Waals surface area contributed by atoms with Crippen molar-refractivity contribution in [2.45, 2.75) is 0 Å². The summed E-state index contributed by atoms with van der Waals surface area (Å²) in [5.41, 5.74) is 0. The van der Waals surface area contributed by atoms with E-state index in [9.17, 15) is 0 Å². The average Bonchev–Trinajstić information content (AvgIpc) is 1.27. The molecule has 0 atom stereocenters. The van der Waals surface area contributed by atoms with Gasteiger partial charge in [0.05, 0.1) is 0 Å². The van der Waals surface area contributed by atoms with Gasteiger partial charge in [-0.2, -0.15) is 0 Å². The summed E-state index contributed by atoms with van der Waals surface area (Å²) in [6.07, 6.45) is 0. The molecule has 0 heterocycles. The SMILES string of the molecule is OB(O)OB(O)O.[H-].[H-].[K+].[Na+]. The predicted octanol–water partition coefficient (Wildman–Crippen LogP) is -8.82. The van der Waals surface area contributed by atoms with E-state index in [1.165, 1.54) is 0 Å². The summed E-state index contributed by atoms with van der Waals surface area (Å²) in [6.45, 7) is 0. The van der Waals surface area contributed by atoms with Crippen LogP contribution in [0.15, 0.2) is 0 Å². The van der Waals surface area contributed by atoms with Crippen molar-refractivity contribution in [3.05, 3.63) is 0 Å². The second-order valence-electron chi connectivity index (χ2n) is 0.789. The van der Waals surface area contributed by atoms with Crippen molar-refractivity contribution < 1.29 is 108 Å². The zero-order valence-electron chi connectivity index (χ0n) is 7.35. The van der Waals surface area contributed by atoms with Crippen LogP contribution in [-0.2, 0) is 4.57 Å². The molecule has 0 spiro atoms. The van der Waals surface area contributed by atoms with Gasteiger partial charge in [0.15, 0.2) is 0 Å². The second-order valence-corrected chi connectivity index (χ2v) is 0.789. The Kier molecular flexibility index (Phi) is 20.7. The monoisotopic (exact) mass is 170 g/mol. The van der Waals surface area contributed by atoms with E-state index in [4.69, 9.17) is 20.1 Å². The Balaban J connectivity index is -0.0000000300. The molecule has 0 radical (unpaired) electrons. The van der Waals surface area contributed by atoms with Gasteiger partial charge in [0.2, 0.25) is 0 Å². The van der Waals surface area contributed by atoms with Crippen molar-refractivity contribution in [1.82, 2.24) is 0 Å². The van der Waals surface area contributed by atoms with Crippen molar-refractivity contribution in [1.29, 1.82) is 0 Å². The van der Waals surface area contributed by atoms with Crippen molar-refractivity contribution in [3.63, 3.8) is 0 Å². The third-order valence-corrected chi connectivity index (χ3v) is 0.243. The van der Waals surface area contributed by atoms with E-state index in [1.807, 2.05) is 0 Å². The van der Waals surface area contributed by atoms with E-state index < -0.39 is 14.6 Å². The molecule has 0 bridgehead atoms. The Hall–Kier alpha value is 2.57. The molecule has 9 heteroatoms. The molecule has 0 aromatic carbocycles. The molecule has 0 aromatic heterocycles. The Bertz CT molecular complexity index is 51.7. The van der Waals surface area contributed by atoms with E-state index >= 15 is 0 Å². The van der Waals surface area contributed by atoms with E-state index in [1.54, 1.807) is 0 Å². The molecule has 0 saturated heterocycles. The van der Waals surface area contributed by atoms with Gasteiger partial charge < -0.3 is 27.5 Å². The van der Waals surface area contributed by atoms with Crippen LogP contribution >= 0.6 is 0 Å². The van der Waals surface area contributed by atoms with Crippen LogP contribution in [0.3, 0.4) is 0 Å². The fourth-order valence-corrected chi connectivity index (χ4v) is 0.109. The largest absolute Gasteiger partial charge is 1.00 e. The number of hydrogen-bond donors (Lipinski definition) is 4. The van der Waals surface area contributed by atoms with Gasteiger partial charge in [0, 0.05) is 0 Å². The second kappa shape index (κ2) is 10.6. The maximum absolute atomic E-state index is 7.74. The summed E-state index contributed by atoms with van der Waals surface area (Å²) in [5, 5.41) is 30.9. The molecule has 44 valence electrons. The van der Waals surface area contributed by atoms with Crippen LogP contribution < -0.4 is 80.9 Å². The van der Waals surface area contributed by atoms with Crippen LogP contribution in [-0.4, -0.2) is 34.7 Å². The predicted molar refractivity (Wildman–Crippen MR) is 23.7 cm³/mol. The van der Waals surface area contributed by atoms with Crippen LogP contribution in [0.1, 0.15) is 2.85 Å². The van der Waals surface area contributed by atoms with E-state index in [0.29, 0.717) is 0 Å². The van der Waals surface area contributed by atoms with E-state index in [2.05, 4.69) is 4.57 Å². The van der Waals surface area contributed by atoms with Crippen molar-refractivity contribution in [2.75, 3.05) is 0 Å². The van der Waals surface area contributed by atoms with Crippen molar-refractivity contribution >= 4 is 14.6 Å². The molecule has 0 unspecified atom stereocenters. The van der Waals surface area contributed by atoms with Crippen LogP contribution in [0.2, 0.25) is 0 Å². The molecule has 5 nitrogen and oxygen atoms in total. The quantitative estimate of drug-likeness (QED) is 0.309. The zero-order chi connectivity index (χ0) is 5.86. The first-order chi connectivity index (χ1) is 3.13. The van der Waals surface area contributed by atoms with Gasteiger partial charge in [-0.1, -0.05) is 0 Å². The van der Waals surface area contributed by atoms with E-state index in [0.717, 1.165) is 0 Å². The van der Waals surface area contributed by atoms with Crippen LogP contribution in [0.25, 0.3) is 0 Å². The number of rotatable bonds is 2. The fraction of sp³-hybridized carbons (Fsp3) is 0. The third-order valence-electron chi connectivity index (χ3n) is 0.243. The zero-order valence-corrected chi connectivity index (χ0v) is 10.5. The molecular weight excluding hydrogens is 164 g/mol. The molecule has 4 N–H and O–H groups in total. The minimum atomic E-state index is -2.13. The molecule has 0 aliphatic rings. The molecule has 0 aliphatic heterocycles. The summed E-state index contributed by atoms with van der Waals surface area (Å²) >= 11 is 0. The molecule has 0 amide bonds. The molecule has 0 aliphatic carbocycles. The number of hydrogen-bond acceptors (Lipinski definition) is 5. The van der Waals surface area contributed by atoms with Crippen LogP contribution in [0, 0.1) is 0 Å². The molecule has 0 aromatic rings.